The molecule has 8 heavy (non-hydrogen) atoms. The van der Waals surface area contributed by atoms with Gasteiger partial charge in [0.15, 0.2) is 0 Å². The second kappa shape index (κ2) is 1.51. The Morgan fingerprint density at radius 3 is 2.00 bits per heavy atom. The van der Waals surface area contributed by atoms with E-state index in [0.29, 0.717) is 6.04 Å². The molecule has 0 aromatic carbocycles. The summed E-state index contributed by atoms with van der Waals surface area (Å²) in [5.74, 6) is 0. The molecule has 1 heterocycles. The maximum atomic E-state index is 2.29. The monoisotopic (exact) mass is 111 g/mol. The maximum absolute atomic E-state index is 2.29. The van der Waals surface area contributed by atoms with E-state index in [-0.39, 0.29) is 0 Å². The summed E-state index contributed by atoms with van der Waals surface area (Å²) in [7, 11) is 2.13. The number of nitrogens with zero attached hydrogens (tertiary/aromatic N) is 1. The topological polar surface area (TPSA) is 3.24 Å². The molecule has 1 heteroatoms. The van der Waals surface area contributed by atoms with Crippen LogP contribution in [0.4, 0.5) is 0 Å². The lowest BCUT2D eigenvalue weighted by Crippen LogP contribution is -2.39. The zero-order chi connectivity index (χ0) is 6.31. The zero-order valence-corrected chi connectivity index (χ0v) is 6.02. The molecule has 0 radical (unpaired) electrons. The average molecular weight is 111 g/mol. The number of hydrogen-bond acceptors (Lipinski definition) is 1. The van der Waals surface area contributed by atoms with Crippen LogP contribution in [0, 0.1) is 0 Å². The summed E-state index contributed by atoms with van der Waals surface area (Å²) in [5.41, 5.74) is 2.98. The van der Waals surface area contributed by atoms with Crippen LogP contribution in [0.25, 0.3) is 0 Å². The van der Waals surface area contributed by atoms with Gasteiger partial charge in [-0.25, -0.2) is 0 Å². The van der Waals surface area contributed by atoms with Crippen molar-refractivity contribution in [2.24, 2.45) is 0 Å². The van der Waals surface area contributed by atoms with Crippen LogP contribution in [0.5, 0.6) is 0 Å². The number of rotatable bonds is 0. The van der Waals surface area contributed by atoms with Crippen LogP contribution in [0.1, 0.15) is 20.8 Å². The molecule has 0 aliphatic carbocycles. The number of likely N-dealkylation sites (N-methyl/N-ethyl adjacent to an activating group) is 1. The Bertz CT molecular complexity index is 119. The standard InChI is InChI=1S/C7H13N/c1-5-6(2)8(4)7(5)3/h6H,1-4H3. The maximum Gasteiger partial charge on any atom is 0.0484 e. The molecule has 1 unspecified atom stereocenters. The van der Waals surface area contributed by atoms with Gasteiger partial charge in [0, 0.05) is 18.8 Å². The molecule has 0 saturated carbocycles. The van der Waals surface area contributed by atoms with E-state index >= 15 is 0 Å². The third-order valence-electron chi connectivity index (χ3n) is 2.31. The molecule has 0 fully saturated rings. The first-order valence-corrected chi connectivity index (χ1v) is 3.05. The van der Waals surface area contributed by atoms with E-state index in [9.17, 15) is 0 Å². The highest BCUT2D eigenvalue weighted by Gasteiger charge is 2.23. The molecule has 0 bridgehead atoms. The predicted octanol–water partition coefficient (Wildman–Crippen LogP) is 1.61. The van der Waals surface area contributed by atoms with Crippen LogP contribution in [0.15, 0.2) is 11.3 Å². The van der Waals surface area contributed by atoms with Crippen molar-refractivity contribution < 1.29 is 0 Å². The minimum atomic E-state index is 0.690. The van der Waals surface area contributed by atoms with Gasteiger partial charge in [-0.05, 0) is 26.3 Å². The summed E-state index contributed by atoms with van der Waals surface area (Å²) in [6.45, 7) is 6.58. The van der Waals surface area contributed by atoms with Crippen molar-refractivity contribution >= 4 is 0 Å². The lowest BCUT2D eigenvalue weighted by atomic mass is 9.98. The Kier molecular flexibility index (Phi) is 1.07. The number of hydrogen-bond donors (Lipinski definition) is 0. The molecular weight excluding hydrogens is 98.1 g/mol. The fourth-order valence-electron chi connectivity index (χ4n) is 1.10. The average Bonchev–Trinajstić information content (AvgIpc) is 1.83. The molecule has 1 atom stereocenters. The first-order chi connectivity index (χ1) is 3.64. The van der Waals surface area contributed by atoms with Crippen molar-refractivity contribution in [1.82, 2.24) is 4.90 Å². The second-order valence-electron chi connectivity index (χ2n) is 2.56. The van der Waals surface area contributed by atoms with Gasteiger partial charge < -0.3 is 4.90 Å². The van der Waals surface area contributed by atoms with Crippen LogP contribution in [0.2, 0.25) is 0 Å². The lowest BCUT2D eigenvalue weighted by Gasteiger charge is -2.39. The van der Waals surface area contributed by atoms with Gasteiger partial charge in [0.1, 0.15) is 0 Å². The molecule has 1 rings (SSSR count). The smallest absolute Gasteiger partial charge is 0.0484 e. The first kappa shape index (κ1) is 5.67. The van der Waals surface area contributed by atoms with Crippen molar-refractivity contribution in [2.45, 2.75) is 26.8 Å². The highest BCUT2D eigenvalue weighted by Crippen LogP contribution is 2.26. The Hall–Kier alpha value is -0.460. The SMILES string of the molecule is CC1=C(C)N(C)C1C. The van der Waals surface area contributed by atoms with Gasteiger partial charge in [-0.1, -0.05) is 0 Å². The van der Waals surface area contributed by atoms with Crippen LogP contribution in [-0.2, 0) is 0 Å². The lowest BCUT2D eigenvalue weighted by molar-refractivity contribution is 0.293. The summed E-state index contributed by atoms with van der Waals surface area (Å²) in [4.78, 5) is 2.29. The molecule has 0 aromatic rings. The molecule has 0 spiro atoms. The van der Waals surface area contributed by atoms with E-state index in [4.69, 9.17) is 0 Å². The summed E-state index contributed by atoms with van der Waals surface area (Å²) in [6, 6.07) is 0.690. The normalized spacial score (nSPS) is 28.5. The van der Waals surface area contributed by atoms with E-state index in [1.807, 2.05) is 0 Å². The van der Waals surface area contributed by atoms with Gasteiger partial charge in [0.25, 0.3) is 0 Å². The molecule has 1 aliphatic heterocycles. The molecule has 1 aliphatic rings. The highest BCUT2D eigenvalue weighted by atomic mass is 15.2. The van der Waals surface area contributed by atoms with Gasteiger partial charge in [-0.15, -0.1) is 0 Å². The second-order valence-corrected chi connectivity index (χ2v) is 2.56. The van der Waals surface area contributed by atoms with Gasteiger partial charge in [0.2, 0.25) is 0 Å². The van der Waals surface area contributed by atoms with Crippen LogP contribution >= 0.6 is 0 Å². The van der Waals surface area contributed by atoms with Gasteiger partial charge in [-0.2, -0.15) is 0 Å². The highest BCUT2D eigenvalue weighted by molar-refractivity contribution is 5.25. The van der Waals surface area contributed by atoms with Crippen LogP contribution < -0.4 is 0 Å². The van der Waals surface area contributed by atoms with Crippen molar-refractivity contribution in [3.05, 3.63) is 11.3 Å². The predicted molar refractivity (Wildman–Crippen MR) is 35.6 cm³/mol. The summed E-state index contributed by atoms with van der Waals surface area (Å²) in [5, 5.41) is 0. The van der Waals surface area contributed by atoms with Gasteiger partial charge in [-0.3, -0.25) is 0 Å². The van der Waals surface area contributed by atoms with Crippen LogP contribution in [-0.4, -0.2) is 18.0 Å². The molecule has 1 nitrogen and oxygen atoms in total. The molecule has 46 valence electrons. The van der Waals surface area contributed by atoms with Crippen molar-refractivity contribution in [2.75, 3.05) is 7.05 Å². The van der Waals surface area contributed by atoms with Crippen molar-refractivity contribution in [3.63, 3.8) is 0 Å². The Labute approximate surface area is 51.0 Å². The third-order valence-corrected chi connectivity index (χ3v) is 2.31. The molecule has 0 aromatic heterocycles. The molecule has 0 amide bonds. The van der Waals surface area contributed by atoms with E-state index in [1.165, 1.54) is 11.3 Å². The Morgan fingerprint density at radius 2 is 1.88 bits per heavy atom. The summed E-state index contributed by atoms with van der Waals surface area (Å²) in [6.07, 6.45) is 0. The molecular formula is C7H13N. The zero-order valence-electron chi connectivity index (χ0n) is 6.02. The van der Waals surface area contributed by atoms with Crippen LogP contribution in [0.3, 0.4) is 0 Å². The number of allylic oxidation sites excluding steroid dienone is 1. The Balaban J connectivity index is 2.74. The summed E-state index contributed by atoms with van der Waals surface area (Å²) < 4.78 is 0. The van der Waals surface area contributed by atoms with Crippen molar-refractivity contribution in [3.8, 4) is 0 Å². The van der Waals surface area contributed by atoms with Gasteiger partial charge >= 0.3 is 0 Å². The fourth-order valence-corrected chi connectivity index (χ4v) is 1.10. The third kappa shape index (κ3) is 0.473. The van der Waals surface area contributed by atoms with E-state index in [2.05, 4.69) is 32.7 Å². The Morgan fingerprint density at radius 1 is 1.38 bits per heavy atom. The summed E-state index contributed by atoms with van der Waals surface area (Å²) >= 11 is 0. The fraction of sp³-hybridized carbons (Fsp3) is 0.714. The largest absolute Gasteiger partial charge is 0.372 e. The quantitative estimate of drug-likeness (QED) is 0.459. The van der Waals surface area contributed by atoms with Crippen molar-refractivity contribution in [1.29, 1.82) is 0 Å². The minimum Gasteiger partial charge on any atom is -0.372 e. The van der Waals surface area contributed by atoms with E-state index in [1.54, 1.807) is 0 Å². The molecule has 0 N–H and O–H groups in total. The van der Waals surface area contributed by atoms with E-state index in [0.717, 1.165) is 0 Å². The minimum absolute atomic E-state index is 0.690. The van der Waals surface area contributed by atoms with E-state index < -0.39 is 0 Å². The molecule has 0 saturated heterocycles. The first-order valence-electron chi connectivity index (χ1n) is 3.05. The van der Waals surface area contributed by atoms with Gasteiger partial charge in [0.05, 0.1) is 0 Å².